The predicted molar refractivity (Wildman–Crippen MR) is 85.7 cm³/mol. The Hall–Kier alpha value is -2.21. The van der Waals surface area contributed by atoms with Crippen LogP contribution in [0.5, 0.6) is 0 Å². The number of nitrogens with one attached hydrogen (secondary N) is 1. The van der Waals surface area contributed by atoms with Gasteiger partial charge in [-0.1, -0.05) is 30.3 Å². The normalized spacial score (nSPS) is 12.0. The van der Waals surface area contributed by atoms with Crippen molar-refractivity contribution in [3.05, 3.63) is 41.4 Å². The summed E-state index contributed by atoms with van der Waals surface area (Å²) in [4.78, 5) is 28.0. The minimum atomic E-state index is -0.850. The van der Waals surface area contributed by atoms with Crippen LogP contribution in [0.2, 0.25) is 0 Å². The molecule has 0 aliphatic heterocycles. The predicted octanol–water partition coefficient (Wildman–Crippen LogP) is 2.88. The Morgan fingerprint density at radius 1 is 1.18 bits per heavy atom. The fourth-order valence-electron chi connectivity index (χ4n) is 1.76. The van der Waals surface area contributed by atoms with Crippen LogP contribution in [0.1, 0.15) is 31.3 Å². The molecule has 5 nitrogen and oxygen atoms in total. The lowest BCUT2D eigenvalue weighted by atomic mass is 10.2. The Kier molecular flexibility index (Phi) is 5.27. The van der Waals surface area contributed by atoms with Gasteiger partial charge in [-0.2, -0.15) is 0 Å². The van der Waals surface area contributed by atoms with Gasteiger partial charge >= 0.3 is 5.97 Å². The number of thiazole rings is 1. The van der Waals surface area contributed by atoms with E-state index in [0.29, 0.717) is 0 Å². The number of carbonyl (C=O) groups excluding carboxylic acids is 2. The van der Waals surface area contributed by atoms with Crippen LogP contribution in [-0.2, 0) is 9.53 Å². The number of aromatic nitrogens is 1. The second kappa shape index (κ2) is 7.17. The number of amides is 1. The average Bonchev–Trinajstić information content (AvgIpc) is 2.97. The number of esters is 1. The van der Waals surface area contributed by atoms with Crippen LogP contribution in [0, 0.1) is 0 Å². The van der Waals surface area contributed by atoms with Crippen molar-refractivity contribution in [2.45, 2.75) is 32.9 Å². The van der Waals surface area contributed by atoms with Gasteiger partial charge in [0.25, 0.3) is 5.91 Å². The quantitative estimate of drug-likeness (QED) is 0.861. The van der Waals surface area contributed by atoms with Crippen LogP contribution in [0.3, 0.4) is 0 Å². The molecule has 116 valence electrons. The third kappa shape index (κ3) is 4.14. The maximum absolute atomic E-state index is 12.0. The number of ether oxygens (including phenoxy) is 1. The maximum atomic E-state index is 12.0. The van der Waals surface area contributed by atoms with Crippen molar-refractivity contribution < 1.29 is 14.3 Å². The Bertz CT molecular complexity index is 652. The molecule has 2 rings (SSSR count). The van der Waals surface area contributed by atoms with Crippen molar-refractivity contribution in [2.24, 2.45) is 0 Å². The molecule has 1 aromatic heterocycles. The molecule has 6 heteroatoms. The van der Waals surface area contributed by atoms with Gasteiger partial charge in [-0.3, -0.25) is 4.79 Å². The van der Waals surface area contributed by atoms with Crippen molar-refractivity contribution in [1.82, 2.24) is 10.3 Å². The van der Waals surface area contributed by atoms with Crippen molar-refractivity contribution in [2.75, 3.05) is 0 Å². The van der Waals surface area contributed by atoms with E-state index in [0.717, 1.165) is 10.6 Å². The van der Waals surface area contributed by atoms with E-state index in [1.165, 1.54) is 11.3 Å². The third-order valence-corrected chi connectivity index (χ3v) is 3.71. The molecule has 1 aromatic carbocycles. The molecular formula is C16H18N2O3S. The summed E-state index contributed by atoms with van der Waals surface area (Å²) in [5.74, 6) is -0.910. The molecule has 0 aliphatic carbocycles. The van der Waals surface area contributed by atoms with Crippen LogP contribution < -0.4 is 5.32 Å². The zero-order valence-corrected chi connectivity index (χ0v) is 13.5. The molecule has 22 heavy (non-hydrogen) atoms. The molecule has 1 amide bonds. The molecule has 1 N–H and O–H groups in total. The highest BCUT2D eigenvalue weighted by atomic mass is 32.1. The van der Waals surface area contributed by atoms with Gasteiger partial charge in [-0.25, -0.2) is 9.78 Å². The summed E-state index contributed by atoms with van der Waals surface area (Å²) < 4.78 is 5.14. The summed E-state index contributed by atoms with van der Waals surface area (Å²) in [5.41, 5.74) is 1.16. The molecule has 1 heterocycles. The molecule has 2 aromatic rings. The zero-order chi connectivity index (χ0) is 16.1. The highest BCUT2D eigenvalue weighted by molar-refractivity contribution is 7.13. The second-order valence-electron chi connectivity index (χ2n) is 5.11. The van der Waals surface area contributed by atoms with Gasteiger partial charge in [0.05, 0.1) is 0 Å². The Morgan fingerprint density at radius 2 is 1.86 bits per heavy atom. The van der Waals surface area contributed by atoms with E-state index in [-0.39, 0.29) is 17.6 Å². The number of nitrogens with zero attached hydrogens (tertiary/aromatic N) is 1. The fraction of sp³-hybridized carbons (Fsp3) is 0.312. The topological polar surface area (TPSA) is 68.3 Å². The molecule has 0 bridgehead atoms. The number of benzene rings is 1. The van der Waals surface area contributed by atoms with Gasteiger partial charge in [-0.15, -0.1) is 11.3 Å². The lowest BCUT2D eigenvalue weighted by Crippen LogP contribution is -2.39. The first-order valence-corrected chi connectivity index (χ1v) is 7.87. The van der Waals surface area contributed by atoms with E-state index in [4.69, 9.17) is 4.74 Å². The Morgan fingerprint density at radius 3 is 2.50 bits per heavy atom. The van der Waals surface area contributed by atoms with Gasteiger partial charge < -0.3 is 10.1 Å². The van der Waals surface area contributed by atoms with Gasteiger partial charge in [0.15, 0.2) is 11.8 Å². The lowest BCUT2D eigenvalue weighted by Gasteiger charge is -2.14. The summed E-state index contributed by atoms with van der Waals surface area (Å²) in [6.45, 7) is 5.23. The van der Waals surface area contributed by atoms with Crippen LogP contribution in [0.15, 0.2) is 35.7 Å². The number of rotatable bonds is 5. The Labute approximate surface area is 133 Å². The summed E-state index contributed by atoms with van der Waals surface area (Å²) >= 11 is 1.36. The van der Waals surface area contributed by atoms with Crippen LogP contribution in [0.4, 0.5) is 0 Å². The van der Waals surface area contributed by atoms with E-state index in [1.807, 2.05) is 44.2 Å². The SMILES string of the molecule is CC(C)NC(=O)[C@@H](C)OC(=O)c1csc(-c2ccccc2)n1. The fourth-order valence-corrected chi connectivity index (χ4v) is 2.55. The van der Waals surface area contributed by atoms with Crippen molar-refractivity contribution in [3.63, 3.8) is 0 Å². The largest absolute Gasteiger partial charge is 0.448 e. The smallest absolute Gasteiger partial charge is 0.358 e. The molecule has 0 unspecified atom stereocenters. The maximum Gasteiger partial charge on any atom is 0.358 e. The first kappa shape index (κ1) is 16.2. The van der Waals surface area contributed by atoms with Gasteiger partial charge in [0.1, 0.15) is 5.01 Å². The zero-order valence-electron chi connectivity index (χ0n) is 12.7. The molecule has 0 spiro atoms. The number of hydrogen-bond acceptors (Lipinski definition) is 5. The second-order valence-corrected chi connectivity index (χ2v) is 5.97. The first-order chi connectivity index (χ1) is 10.5. The number of hydrogen-bond donors (Lipinski definition) is 1. The molecule has 0 saturated carbocycles. The number of carbonyl (C=O) groups is 2. The van der Waals surface area contributed by atoms with Crippen LogP contribution >= 0.6 is 11.3 Å². The first-order valence-electron chi connectivity index (χ1n) is 6.99. The average molecular weight is 318 g/mol. The summed E-state index contributed by atoms with van der Waals surface area (Å²) in [6, 6.07) is 9.58. The molecule has 0 radical (unpaired) electrons. The molecule has 0 fully saturated rings. The summed E-state index contributed by atoms with van der Waals surface area (Å²) in [6.07, 6.45) is -0.850. The van der Waals surface area contributed by atoms with Crippen molar-refractivity contribution >= 4 is 23.2 Å². The molecular weight excluding hydrogens is 300 g/mol. The van der Waals surface area contributed by atoms with Crippen molar-refractivity contribution in [1.29, 1.82) is 0 Å². The van der Waals surface area contributed by atoms with E-state index in [2.05, 4.69) is 10.3 Å². The van der Waals surface area contributed by atoms with Gasteiger partial charge in [-0.05, 0) is 20.8 Å². The minimum absolute atomic E-state index is 0.00221. The third-order valence-electron chi connectivity index (χ3n) is 2.82. The monoisotopic (exact) mass is 318 g/mol. The Balaban J connectivity index is 2.02. The van der Waals surface area contributed by atoms with E-state index < -0.39 is 12.1 Å². The van der Waals surface area contributed by atoms with E-state index >= 15 is 0 Å². The molecule has 1 atom stereocenters. The van der Waals surface area contributed by atoms with Crippen LogP contribution in [-0.4, -0.2) is 29.0 Å². The highest BCUT2D eigenvalue weighted by Gasteiger charge is 2.21. The molecule has 0 aliphatic rings. The summed E-state index contributed by atoms with van der Waals surface area (Å²) in [5, 5.41) is 5.08. The van der Waals surface area contributed by atoms with Gasteiger partial charge in [0.2, 0.25) is 0 Å². The standard InChI is InChI=1S/C16H18N2O3S/c1-10(2)17-14(19)11(3)21-16(20)13-9-22-15(18-13)12-7-5-4-6-8-12/h4-11H,1-3H3,(H,17,19)/t11-/m1/s1. The highest BCUT2D eigenvalue weighted by Crippen LogP contribution is 2.23. The van der Waals surface area contributed by atoms with Crippen molar-refractivity contribution in [3.8, 4) is 10.6 Å². The summed E-state index contributed by atoms with van der Waals surface area (Å²) in [7, 11) is 0. The lowest BCUT2D eigenvalue weighted by molar-refractivity contribution is -0.129. The van der Waals surface area contributed by atoms with E-state index in [1.54, 1.807) is 12.3 Å². The molecule has 0 saturated heterocycles. The van der Waals surface area contributed by atoms with Gasteiger partial charge in [0, 0.05) is 17.0 Å². The van der Waals surface area contributed by atoms with E-state index in [9.17, 15) is 9.59 Å². The van der Waals surface area contributed by atoms with Crippen LogP contribution in [0.25, 0.3) is 10.6 Å². The minimum Gasteiger partial charge on any atom is -0.448 e.